The molecule has 1 saturated carbocycles. The number of carbonyl (C=O) groups excluding carboxylic acids is 2. The molecule has 0 aromatic carbocycles. The highest BCUT2D eigenvalue weighted by molar-refractivity contribution is 6.00. The van der Waals surface area contributed by atoms with Crippen LogP contribution in [0.1, 0.15) is 20.8 Å². The lowest BCUT2D eigenvalue weighted by atomic mass is 9.50. The van der Waals surface area contributed by atoms with Crippen LogP contribution in [0.5, 0.6) is 0 Å². The van der Waals surface area contributed by atoms with E-state index in [2.05, 4.69) is 0 Å². The molecule has 0 aromatic rings. The molecular weight excluding hydrogens is 332 g/mol. The summed E-state index contributed by atoms with van der Waals surface area (Å²) in [4.78, 5) is 24.1. The van der Waals surface area contributed by atoms with Crippen LogP contribution in [-0.2, 0) is 23.8 Å². The van der Waals surface area contributed by atoms with Gasteiger partial charge in [-0.3, -0.25) is 9.59 Å². The smallest absolute Gasteiger partial charge is 0.303 e. The van der Waals surface area contributed by atoms with Crippen molar-refractivity contribution in [3.8, 4) is 0 Å². The van der Waals surface area contributed by atoms with Crippen LogP contribution >= 0.6 is 0 Å². The Kier molecular flexibility index (Phi) is 3.35. The number of ketones is 1. The third kappa shape index (κ3) is 1.65. The second kappa shape index (κ2) is 4.89. The van der Waals surface area contributed by atoms with Crippen molar-refractivity contribution in [2.45, 2.75) is 56.9 Å². The number of hydrogen-bond acceptors (Lipinski definition) is 8. The van der Waals surface area contributed by atoms with E-state index in [0.717, 1.165) is 0 Å². The van der Waals surface area contributed by atoms with E-state index in [1.165, 1.54) is 6.92 Å². The molecule has 8 nitrogen and oxygen atoms in total. The van der Waals surface area contributed by atoms with Gasteiger partial charge in [0.2, 0.25) is 0 Å². The fourth-order valence-corrected chi connectivity index (χ4v) is 5.37. The number of aliphatic hydroxyl groups excluding tert-OH is 3. The molecule has 25 heavy (non-hydrogen) atoms. The van der Waals surface area contributed by atoms with Crippen molar-refractivity contribution in [2.75, 3.05) is 13.2 Å². The molecule has 3 N–H and O–H groups in total. The molecule has 4 aliphatic rings. The summed E-state index contributed by atoms with van der Waals surface area (Å²) in [5.41, 5.74) is -3.39. The molecule has 0 radical (unpaired) electrons. The molecule has 8 atom stereocenters. The van der Waals surface area contributed by atoms with Gasteiger partial charge in [0.1, 0.15) is 30.0 Å². The predicted molar refractivity (Wildman–Crippen MR) is 81.3 cm³/mol. The second-order valence-corrected chi connectivity index (χ2v) is 7.69. The molecule has 2 aliphatic carbocycles. The first-order chi connectivity index (χ1) is 11.7. The van der Waals surface area contributed by atoms with Crippen molar-refractivity contribution in [2.24, 2.45) is 10.8 Å². The van der Waals surface area contributed by atoms with Crippen LogP contribution in [0.4, 0.5) is 0 Å². The molecule has 2 aliphatic heterocycles. The highest BCUT2D eigenvalue weighted by atomic mass is 16.7. The molecule has 8 heteroatoms. The number of aliphatic hydroxyl groups is 3. The standard InChI is InChI=1S/C17H22O8/c1-7-4-9-16(5-18,12(22)10(7)20)15(3)13(24-8(2)19)11(21)14(25-9)17(15)6-23-17/h4,9,11-14,18,21-22H,5-6H2,1-3H3/t9-,11+,12+,13+,14+,15+,16+,17-/m0/s1. The van der Waals surface area contributed by atoms with Crippen molar-refractivity contribution in [3.05, 3.63) is 11.6 Å². The summed E-state index contributed by atoms with van der Waals surface area (Å²) in [7, 11) is 0. The van der Waals surface area contributed by atoms with Gasteiger partial charge in [-0.05, 0) is 18.6 Å². The zero-order valence-electron chi connectivity index (χ0n) is 14.3. The van der Waals surface area contributed by atoms with Crippen LogP contribution in [0.3, 0.4) is 0 Å². The first kappa shape index (κ1) is 17.1. The number of Topliss-reactive ketones (excluding diaryl/α,β-unsaturated/α-hetero) is 1. The van der Waals surface area contributed by atoms with E-state index < -0.39 is 65.3 Å². The number of rotatable bonds is 2. The summed E-state index contributed by atoms with van der Waals surface area (Å²) >= 11 is 0. The summed E-state index contributed by atoms with van der Waals surface area (Å²) in [5, 5.41) is 32.0. The number of carbonyl (C=O) groups is 2. The van der Waals surface area contributed by atoms with Crippen LogP contribution in [0.15, 0.2) is 11.6 Å². The van der Waals surface area contributed by atoms with E-state index in [1.54, 1.807) is 19.9 Å². The SMILES string of the molecule is CC(=O)O[C@@H]1[C@@H](O)[C@H]2O[C@H]3C=C(C)C(=O)[C@@H](O)[C@]3(CO)[C@]1(C)[C@]21CO1. The lowest BCUT2D eigenvalue weighted by molar-refractivity contribution is -0.255. The van der Waals surface area contributed by atoms with E-state index in [1.807, 2.05) is 0 Å². The van der Waals surface area contributed by atoms with Crippen molar-refractivity contribution >= 4 is 11.8 Å². The summed E-state index contributed by atoms with van der Waals surface area (Å²) in [5.74, 6) is -1.13. The summed E-state index contributed by atoms with van der Waals surface area (Å²) in [6, 6.07) is 0. The van der Waals surface area contributed by atoms with Gasteiger partial charge in [0, 0.05) is 6.92 Å². The highest BCUT2D eigenvalue weighted by Crippen LogP contribution is 2.71. The molecule has 0 unspecified atom stereocenters. The molecule has 1 spiro atoms. The fourth-order valence-electron chi connectivity index (χ4n) is 5.37. The van der Waals surface area contributed by atoms with Gasteiger partial charge in [-0.25, -0.2) is 0 Å². The van der Waals surface area contributed by atoms with E-state index in [4.69, 9.17) is 14.2 Å². The molecule has 138 valence electrons. The Labute approximate surface area is 144 Å². The number of ether oxygens (including phenoxy) is 3. The van der Waals surface area contributed by atoms with E-state index in [-0.39, 0.29) is 6.61 Å². The summed E-state index contributed by atoms with van der Waals surface area (Å²) in [6.07, 6.45) is -3.87. The van der Waals surface area contributed by atoms with Crippen molar-refractivity contribution in [1.29, 1.82) is 0 Å². The van der Waals surface area contributed by atoms with Crippen LogP contribution in [0.25, 0.3) is 0 Å². The van der Waals surface area contributed by atoms with E-state index in [9.17, 15) is 24.9 Å². The Balaban J connectivity index is 1.96. The largest absolute Gasteiger partial charge is 0.459 e. The highest BCUT2D eigenvalue weighted by Gasteiger charge is 2.87. The quantitative estimate of drug-likeness (QED) is 0.413. The summed E-state index contributed by atoms with van der Waals surface area (Å²) < 4.78 is 17.1. The monoisotopic (exact) mass is 354 g/mol. The lowest BCUT2D eigenvalue weighted by Crippen LogP contribution is -2.72. The number of esters is 1. The van der Waals surface area contributed by atoms with Gasteiger partial charge in [0.05, 0.1) is 30.1 Å². The average Bonchev–Trinajstić information content (AvgIpc) is 3.33. The van der Waals surface area contributed by atoms with Gasteiger partial charge >= 0.3 is 5.97 Å². The van der Waals surface area contributed by atoms with Crippen molar-refractivity contribution in [3.63, 3.8) is 0 Å². The fraction of sp³-hybridized carbons (Fsp3) is 0.765. The van der Waals surface area contributed by atoms with Crippen LogP contribution in [0, 0.1) is 10.8 Å². The molecule has 2 bridgehead atoms. The van der Waals surface area contributed by atoms with Crippen molar-refractivity contribution < 1.29 is 39.1 Å². The Bertz CT molecular complexity index is 682. The minimum Gasteiger partial charge on any atom is -0.459 e. The zero-order chi connectivity index (χ0) is 18.4. The van der Waals surface area contributed by atoms with E-state index in [0.29, 0.717) is 5.57 Å². The molecule has 0 aromatic heterocycles. The maximum absolute atomic E-state index is 12.5. The van der Waals surface area contributed by atoms with Gasteiger partial charge in [-0.1, -0.05) is 6.92 Å². The zero-order valence-corrected chi connectivity index (χ0v) is 14.3. The predicted octanol–water partition coefficient (Wildman–Crippen LogP) is -1.30. The normalized spacial score (nSPS) is 53.4. The van der Waals surface area contributed by atoms with Crippen molar-refractivity contribution in [1.82, 2.24) is 0 Å². The average molecular weight is 354 g/mol. The number of fused-ring (bicyclic) bond motifs is 2. The third-order valence-electron chi connectivity index (χ3n) is 6.83. The Morgan fingerprint density at radius 3 is 2.60 bits per heavy atom. The Hall–Kier alpha value is -1.32. The maximum Gasteiger partial charge on any atom is 0.303 e. The van der Waals surface area contributed by atoms with Gasteiger partial charge < -0.3 is 29.5 Å². The Morgan fingerprint density at radius 2 is 2.08 bits per heavy atom. The Morgan fingerprint density at radius 1 is 1.44 bits per heavy atom. The van der Waals surface area contributed by atoms with Gasteiger partial charge in [-0.15, -0.1) is 0 Å². The summed E-state index contributed by atoms with van der Waals surface area (Å²) in [6.45, 7) is 4.11. The molecule has 4 rings (SSSR count). The lowest BCUT2D eigenvalue weighted by Gasteiger charge is -2.58. The topological polar surface area (TPSA) is 126 Å². The first-order valence-corrected chi connectivity index (χ1v) is 8.33. The van der Waals surface area contributed by atoms with Gasteiger partial charge in [-0.2, -0.15) is 0 Å². The van der Waals surface area contributed by atoms with Gasteiger partial charge in [0.25, 0.3) is 0 Å². The third-order valence-corrected chi connectivity index (χ3v) is 6.83. The molecule has 2 saturated heterocycles. The van der Waals surface area contributed by atoms with E-state index >= 15 is 0 Å². The second-order valence-electron chi connectivity index (χ2n) is 7.69. The van der Waals surface area contributed by atoms with Gasteiger partial charge in [0.15, 0.2) is 5.78 Å². The molecule has 3 fully saturated rings. The molecule has 2 heterocycles. The minimum absolute atomic E-state index is 0.223. The van der Waals surface area contributed by atoms with Crippen LogP contribution < -0.4 is 0 Å². The maximum atomic E-state index is 12.5. The molecule has 0 amide bonds. The van der Waals surface area contributed by atoms with Crippen LogP contribution in [-0.4, -0.2) is 76.4 Å². The minimum atomic E-state index is -1.57. The first-order valence-electron chi connectivity index (χ1n) is 8.33. The number of epoxide rings is 1. The number of hydrogen-bond donors (Lipinski definition) is 3. The molecular formula is C17H22O8. The van der Waals surface area contributed by atoms with Crippen LogP contribution in [0.2, 0.25) is 0 Å².